The van der Waals surface area contributed by atoms with Crippen molar-refractivity contribution < 1.29 is 97.8 Å². The predicted octanol–water partition coefficient (Wildman–Crippen LogP) is 5.96. The average molecular weight is 1220 g/mol. The second kappa shape index (κ2) is 28.3. The number of nitrogens with one attached hydrogen (secondary N) is 4. The van der Waals surface area contributed by atoms with Crippen molar-refractivity contribution >= 4 is 126 Å². The van der Waals surface area contributed by atoms with Gasteiger partial charge in [0.05, 0.1) is 0 Å². The van der Waals surface area contributed by atoms with Gasteiger partial charge in [-0.15, -0.1) is 0 Å². The maximum absolute atomic E-state index is 14.4. The number of imide groups is 2. The molecule has 5 aromatic rings. The molecule has 88 heavy (non-hydrogen) atoms. The second-order valence-electron chi connectivity index (χ2n) is 22.7. The molecular formula is C62H70N6O20. The molecule has 0 saturated carbocycles. The van der Waals surface area contributed by atoms with Gasteiger partial charge in [-0.1, -0.05) is 37.1 Å². The molecule has 468 valence electrons. The zero-order chi connectivity index (χ0) is 64.4. The van der Waals surface area contributed by atoms with Crippen molar-refractivity contribution in [2.75, 3.05) is 13.1 Å². The Bertz CT molecular complexity index is 3220. The first kappa shape index (κ1) is 65.9. The molecular weight excluding hydrogens is 1150 g/mol. The van der Waals surface area contributed by atoms with Crippen LogP contribution >= 0.6 is 0 Å². The lowest BCUT2D eigenvalue weighted by atomic mass is 9.82. The van der Waals surface area contributed by atoms with Crippen molar-refractivity contribution in [2.24, 2.45) is 0 Å². The molecule has 0 spiro atoms. The summed E-state index contributed by atoms with van der Waals surface area (Å²) in [6, 6.07) is 10.6. The van der Waals surface area contributed by atoms with E-state index in [1.165, 1.54) is 13.8 Å². The number of hydrogen-bond acceptors (Lipinski definition) is 14. The van der Waals surface area contributed by atoms with E-state index in [9.17, 15) is 97.8 Å². The molecule has 2 aliphatic heterocycles. The molecule has 0 aliphatic carbocycles. The quantitative estimate of drug-likeness (QED) is 0.00957. The summed E-state index contributed by atoms with van der Waals surface area (Å²) in [4.78, 5) is 181. The van der Waals surface area contributed by atoms with Crippen LogP contribution in [0.1, 0.15) is 184 Å². The Morgan fingerprint density at radius 1 is 0.364 bits per heavy atom. The number of amides is 8. The number of carbonyl (C=O) groups is 14. The van der Waals surface area contributed by atoms with E-state index in [0.717, 1.165) is 9.80 Å². The Morgan fingerprint density at radius 3 is 0.852 bits per heavy atom. The first-order chi connectivity index (χ1) is 41.7. The lowest BCUT2D eigenvalue weighted by Gasteiger charge is -2.34. The summed E-state index contributed by atoms with van der Waals surface area (Å²) in [6.07, 6.45) is -1.47. The van der Waals surface area contributed by atoms with Gasteiger partial charge in [-0.2, -0.15) is 0 Å². The number of carboxylic acid groups (broad SMARTS) is 6. The fraction of sp³-hybridized carbons (Fsp3) is 0.452. The van der Waals surface area contributed by atoms with E-state index in [1.54, 1.807) is 48.5 Å². The van der Waals surface area contributed by atoms with E-state index >= 15 is 0 Å². The van der Waals surface area contributed by atoms with E-state index in [2.05, 4.69) is 21.3 Å². The maximum Gasteiger partial charge on any atom is 0.303 e. The van der Waals surface area contributed by atoms with Gasteiger partial charge in [-0.05, 0) is 135 Å². The SMILES string of the molecule is C[C@@H](C(=O)NCCCCCC(=O)NC(CCC(=O)O)(CCC(=O)O)CCC(=O)O)N1C(=O)c2ccc3c4ccc5c6c(ccc(c7ccc(c2c37)C1=O)c64)C(=O)N([C@@H](C)C(=O)NCCCCCC(=O)NC(CCC(=O)O)(CCC(=O)O)CCC(=O)O)C5=O. The van der Waals surface area contributed by atoms with Crippen LogP contribution in [-0.2, 0) is 47.9 Å². The molecule has 0 aromatic heterocycles. The van der Waals surface area contributed by atoms with Gasteiger partial charge in [-0.3, -0.25) is 76.9 Å². The molecule has 0 fully saturated rings. The fourth-order valence-corrected chi connectivity index (χ4v) is 12.1. The van der Waals surface area contributed by atoms with Gasteiger partial charge in [0.25, 0.3) is 23.6 Å². The summed E-state index contributed by atoms with van der Waals surface area (Å²) in [5.74, 6) is -12.3. The van der Waals surface area contributed by atoms with Gasteiger partial charge in [0, 0.05) is 109 Å². The topological polar surface area (TPSA) is 415 Å². The Balaban J connectivity index is 0.968. The number of fused-ring (bicyclic) bond motifs is 2. The van der Waals surface area contributed by atoms with Gasteiger partial charge in [0.15, 0.2) is 0 Å². The van der Waals surface area contributed by atoms with E-state index in [1.807, 2.05) is 0 Å². The Morgan fingerprint density at radius 2 is 0.614 bits per heavy atom. The van der Waals surface area contributed by atoms with E-state index in [-0.39, 0.29) is 86.7 Å². The van der Waals surface area contributed by atoms with Gasteiger partial charge >= 0.3 is 35.8 Å². The summed E-state index contributed by atoms with van der Waals surface area (Å²) in [5, 5.41) is 71.0. The minimum atomic E-state index is -1.37. The van der Waals surface area contributed by atoms with Gasteiger partial charge in [0.2, 0.25) is 23.6 Å². The van der Waals surface area contributed by atoms with E-state index in [0.29, 0.717) is 81.6 Å². The number of carbonyl (C=O) groups excluding carboxylic acids is 8. The zero-order valence-corrected chi connectivity index (χ0v) is 48.6. The van der Waals surface area contributed by atoms with Crippen molar-refractivity contribution in [2.45, 2.75) is 165 Å². The summed E-state index contributed by atoms with van der Waals surface area (Å²) < 4.78 is 0. The van der Waals surface area contributed by atoms with Gasteiger partial charge < -0.3 is 51.9 Å². The van der Waals surface area contributed by atoms with Crippen molar-refractivity contribution in [1.82, 2.24) is 31.1 Å². The highest BCUT2D eigenvalue weighted by Crippen LogP contribution is 2.47. The smallest absolute Gasteiger partial charge is 0.303 e. The molecule has 0 saturated heterocycles. The first-order valence-corrected chi connectivity index (χ1v) is 29.1. The number of hydrogen-bond donors (Lipinski definition) is 10. The van der Waals surface area contributed by atoms with Crippen LogP contribution in [0.5, 0.6) is 0 Å². The van der Waals surface area contributed by atoms with Crippen LogP contribution in [0.3, 0.4) is 0 Å². The van der Waals surface area contributed by atoms with Crippen molar-refractivity contribution in [3.63, 3.8) is 0 Å². The fourth-order valence-electron chi connectivity index (χ4n) is 12.1. The molecule has 7 rings (SSSR count). The van der Waals surface area contributed by atoms with Gasteiger partial charge in [0.1, 0.15) is 12.1 Å². The van der Waals surface area contributed by atoms with Crippen LogP contribution in [0.2, 0.25) is 0 Å². The second-order valence-corrected chi connectivity index (χ2v) is 22.7. The summed E-state index contributed by atoms with van der Waals surface area (Å²) in [7, 11) is 0. The Kier molecular flexibility index (Phi) is 21.2. The van der Waals surface area contributed by atoms with Crippen LogP contribution < -0.4 is 21.3 Å². The molecule has 26 heteroatoms. The molecule has 0 bridgehead atoms. The third-order valence-electron chi connectivity index (χ3n) is 16.7. The normalized spacial score (nSPS) is 13.9. The van der Waals surface area contributed by atoms with Crippen LogP contribution in [0, 0.1) is 0 Å². The summed E-state index contributed by atoms with van der Waals surface area (Å²) >= 11 is 0. The first-order valence-electron chi connectivity index (χ1n) is 29.1. The number of carboxylic acids is 6. The average Bonchev–Trinajstić information content (AvgIpc) is 0.709. The highest BCUT2D eigenvalue weighted by molar-refractivity contribution is 6.41. The maximum atomic E-state index is 14.4. The highest BCUT2D eigenvalue weighted by atomic mass is 16.4. The number of nitrogens with zero attached hydrogens (tertiary/aromatic N) is 2. The monoisotopic (exact) mass is 1220 g/mol. The number of benzene rings is 5. The third kappa shape index (κ3) is 15.0. The number of aliphatic carboxylic acids is 6. The Labute approximate surface area is 502 Å². The lowest BCUT2D eigenvalue weighted by Crippen LogP contribution is -2.52. The molecule has 2 aliphatic rings. The highest BCUT2D eigenvalue weighted by Gasteiger charge is 2.42. The molecule has 8 amide bonds. The van der Waals surface area contributed by atoms with E-state index in [4.69, 9.17) is 0 Å². The molecule has 0 unspecified atom stereocenters. The number of unbranched alkanes of at least 4 members (excludes halogenated alkanes) is 4. The minimum Gasteiger partial charge on any atom is -0.481 e. The van der Waals surface area contributed by atoms with E-state index < -0.39 is 145 Å². The van der Waals surface area contributed by atoms with Crippen LogP contribution in [-0.4, -0.2) is 160 Å². The third-order valence-corrected chi connectivity index (χ3v) is 16.7. The van der Waals surface area contributed by atoms with Crippen LogP contribution in [0.25, 0.3) is 43.1 Å². The van der Waals surface area contributed by atoms with Crippen molar-refractivity contribution in [3.8, 4) is 0 Å². The predicted molar refractivity (Wildman–Crippen MR) is 313 cm³/mol. The summed E-state index contributed by atoms with van der Waals surface area (Å²) in [6.45, 7) is 3.06. The van der Waals surface area contributed by atoms with Crippen LogP contribution in [0.15, 0.2) is 48.5 Å². The van der Waals surface area contributed by atoms with Crippen molar-refractivity contribution in [1.29, 1.82) is 0 Å². The van der Waals surface area contributed by atoms with Gasteiger partial charge in [-0.25, -0.2) is 0 Å². The van der Waals surface area contributed by atoms with Crippen LogP contribution in [0.4, 0.5) is 0 Å². The summed E-state index contributed by atoms with van der Waals surface area (Å²) in [5.41, 5.74) is -2.08. The molecule has 26 nitrogen and oxygen atoms in total. The molecule has 10 N–H and O–H groups in total. The minimum absolute atomic E-state index is 0.0539. The molecule has 2 heterocycles. The lowest BCUT2D eigenvalue weighted by molar-refractivity contribution is -0.141. The molecule has 5 aromatic carbocycles. The Hall–Kier alpha value is -9.62. The zero-order valence-electron chi connectivity index (χ0n) is 48.6. The largest absolute Gasteiger partial charge is 0.481 e. The van der Waals surface area contributed by atoms with Crippen molar-refractivity contribution in [3.05, 3.63) is 70.8 Å². The number of rotatable bonds is 36. The molecule has 2 atom stereocenters. The standard InChI is InChI=1S/C62H70N6O20/c1-33(55(83)63-31-7-3-5-9-43(69)65-61(25-19-45(71)72,26-20-46(73)74)27-21-47(75)76)67-57(85)39-15-11-35-37-13-17-41-54-42(18-14-38(52(37)54)36-12-16-40(58(67)86)53(39)51(35)36)60(88)68(59(41)87)34(2)56(84)64-32-8-4-6-10-44(70)66-62(28-22-48(77)78,29-23-49(79)80)30-24-50(81)82/h11-18,33-34H,3-10,19-32H2,1-2H3,(H,63,83)(H,64,84)(H,65,69)(H,66,70)(H,71,72)(H,73,74)(H,75,76)(H,77,78)(H,79,80)(H,81,82)/t33-,34-/m0/s1. The molecule has 0 radical (unpaired) electrons.